The van der Waals surface area contributed by atoms with Gasteiger partial charge in [0.25, 0.3) is 0 Å². The van der Waals surface area contributed by atoms with E-state index in [0.717, 1.165) is 35.2 Å². The van der Waals surface area contributed by atoms with E-state index in [4.69, 9.17) is 11.2 Å². The Balaban J connectivity index is 1.71. The molecule has 3 heteroatoms. The Morgan fingerprint density at radius 1 is 1.45 bits per heavy atom. The number of likely N-dealkylation sites (N-methyl/N-ethyl adjacent to an activating group) is 1. The van der Waals surface area contributed by atoms with Crippen LogP contribution in [0.1, 0.15) is 6.42 Å². The van der Waals surface area contributed by atoms with Gasteiger partial charge in [0.05, 0.1) is 13.2 Å². The Bertz CT molecular complexity index is 691. The van der Waals surface area contributed by atoms with Crippen LogP contribution >= 0.6 is 0 Å². The van der Waals surface area contributed by atoms with Crippen molar-refractivity contribution in [2.75, 3.05) is 26.7 Å². The minimum atomic E-state index is 0.637. The first-order valence-electron chi connectivity index (χ1n) is 7.35. The second-order valence-corrected chi connectivity index (χ2v) is 5.30. The Morgan fingerprint density at radius 3 is 3.14 bits per heavy atom. The molecule has 0 bridgehead atoms. The molecule has 22 heavy (non-hydrogen) atoms. The minimum absolute atomic E-state index is 0.637. The number of aromatic amines is 1. The summed E-state index contributed by atoms with van der Waals surface area (Å²) in [5, 5.41) is 1.16. The van der Waals surface area contributed by atoms with Crippen LogP contribution in [0.15, 0.2) is 54.8 Å². The number of H-pyrrole nitrogens is 1. The third-order valence-electron chi connectivity index (χ3n) is 3.27. The molecule has 0 aliphatic rings. The van der Waals surface area contributed by atoms with Crippen molar-refractivity contribution in [2.45, 2.75) is 6.42 Å². The summed E-state index contributed by atoms with van der Waals surface area (Å²) >= 11 is 0. The van der Waals surface area contributed by atoms with E-state index in [-0.39, 0.29) is 0 Å². The van der Waals surface area contributed by atoms with E-state index in [0.29, 0.717) is 13.2 Å². The second-order valence-electron chi connectivity index (χ2n) is 5.30. The van der Waals surface area contributed by atoms with Crippen molar-refractivity contribution in [3.05, 3.63) is 54.8 Å². The number of hydrogen-bond donors (Lipinski definition) is 1. The molecule has 0 radical (unpaired) electrons. The molecule has 0 amide bonds. The molecule has 0 aliphatic heterocycles. The van der Waals surface area contributed by atoms with Gasteiger partial charge in [0, 0.05) is 23.6 Å². The summed E-state index contributed by atoms with van der Waals surface area (Å²) in [6, 6.07) is 8.10. The normalized spacial score (nSPS) is 11.1. The summed E-state index contributed by atoms with van der Waals surface area (Å²) in [5.74, 6) is 3.51. The van der Waals surface area contributed by atoms with Crippen molar-refractivity contribution in [1.82, 2.24) is 9.88 Å². The number of fused-ring (bicyclic) bond motifs is 1. The van der Waals surface area contributed by atoms with E-state index >= 15 is 0 Å². The lowest BCUT2D eigenvalue weighted by Gasteiger charge is -2.12. The SMILES string of the molecule is C#CCN(C)CC(=C)/C=C/CCOc1ccc2[nH]ccc2c1. The van der Waals surface area contributed by atoms with Crippen LogP contribution in [0.3, 0.4) is 0 Å². The predicted octanol–water partition coefficient (Wildman–Crippen LogP) is 3.61. The lowest BCUT2D eigenvalue weighted by Crippen LogP contribution is -2.20. The number of terminal acetylenes is 1. The van der Waals surface area contributed by atoms with Crippen LogP contribution in [0.25, 0.3) is 10.9 Å². The van der Waals surface area contributed by atoms with Gasteiger partial charge in [-0.3, -0.25) is 4.90 Å². The lowest BCUT2D eigenvalue weighted by atomic mass is 10.2. The maximum atomic E-state index is 5.75. The van der Waals surface area contributed by atoms with Gasteiger partial charge in [-0.05, 0) is 43.3 Å². The van der Waals surface area contributed by atoms with Crippen LogP contribution in [0.4, 0.5) is 0 Å². The first-order valence-corrected chi connectivity index (χ1v) is 7.35. The third kappa shape index (κ3) is 4.83. The minimum Gasteiger partial charge on any atom is -0.493 e. The molecular formula is C19H22N2O. The molecule has 1 N–H and O–H groups in total. The molecule has 1 aromatic heterocycles. The molecule has 0 unspecified atom stereocenters. The predicted molar refractivity (Wildman–Crippen MR) is 93.0 cm³/mol. The molecule has 0 fully saturated rings. The van der Waals surface area contributed by atoms with Crippen molar-refractivity contribution in [3.63, 3.8) is 0 Å². The van der Waals surface area contributed by atoms with Crippen molar-refractivity contribution in [1.29, 1.82) is 0 Å². The van der Waals surface area contributed by atoms with Crippen LogP contribution in [0, 0.1) is 12.3 Å². The van der Waals surface area contributed by atoms with Crippen molar-refractivity contribution in [3.8, 4) is 18.1 Å². The first kappa shape index (κ1) is 15.9. The van der Waals surface area contributed by atoms with E-state index in [1.165, 1.54) is 0 Å². The van der Waals surface area contributed by atoms with Gasteiger partial charge in [0.15, 0.2) is 0 Å². The molecule has 3 nitrogen and oxygen atoms in total. The topological polar surface area (TPSA) is 28.3 Å². The zero-order chi connectivity index (χ0) is 15.8. The fourth-order valence-electron chi connectivity index (χ4n) is 2.23. The number of nitrogens with zero attached hydrogens (tertiary/aromatic N) is 1. The van der Waals surface area contributed by atoms with Crippen molar-refractivity contribution in [2.24, 2.45) is 0 Å². The number of aromatic nitrogens is 1. The smallest absolute Gasteiger partial charge is 0.120 e. The van der Waals surface area contributed by atoms with Gasteiger partial charge >= 0.3 is 0 Å². The highest BCUT2D eigenvalue weighted by Gasteiger charge is 1.98. The maximum Gasteiger partial charge on any atom is 0.120 e. The summed E-state index contributed by atoms with van der Waals surface area (Å²) in [7, 11) is 1.99. The van der Waals surface area contributed by atoms with Gasteiger partial charge < -0.3 is 9.72 Å². The van der Waals surface area contributed by atoms with Gasteiger partial charge in [-0.1, -0.05) is 24.7 Å². The quantitative estimate of drug-likeness (QED) is 0.457. The summed E-state index contributed by atoms with van der Waals surface area (Å²) in [5.41, 5.74) is 2.17. The summed E-state index contributed by atoms with van der Waals surface area (Å²) in [4.78, 5) is 5.22. The molecule has 114 valence electrons. The summed E-state index contributed by atoms with van der Waals surface area (Å²) < 4.78 is 5.75. The molecule has 0 spiro atoms. The second kappa shape index (κ2) is 8.11. The van der Waals surface area contributed by atoms with E-state index in [2.05, 4.69) is 28.5 Å². The average Bonchev–Trinajstić information content (AvgIpc) is 2.94. The number of benzene rings is 1. The van der Waals surface area contributed by atoms with Crippen LogP contribution in [-0.2, 0) is 0 Å². The molecule has 1 heterocycles. The van der Waals surface area contributed by atoms with Crippen LogP contribution in [-0.4, -0.2) is 36.6 Å². The zero-order valence-electron chi connectivity index (χ0n) is 13.0. The Kier molecular flexibility index (Phi) is 5.88. The molecule has 0 aliphatic carbocycles. The number of rotatable bonds is 8. The first-order chi connectivity index (χ1) is 10.7. The van der Waals surface area contributed by atoms with Gasteiger partial charge in [0.1, 0.15) is 5.75 Å². The van der Waals surface area contributed by atoms with Crippen molar-refractivity contribution < 1.29 is 4.74 Å². The van der Waals surface area contributed by atoms with E-state index < -0.39 is 0 Å². The molecular weight excluding hydrogens is 272 g/mol. The van der Waals surface area contributed by atoms with Crippen LogP contribution in [0.2, 0.25) is 0 Å². The fourth-order valence-corrected chi connectivity index (χ4v) is 2.23. The van der Waals surface area contributed by atoms with Gasteiger partial charge in [-0.25, -0.2) is 0 Å². The standard InChI is InChI=1S/C19H22N2O/c1-4-12-21(3)15-16(2)7-5-6-13-22-18-8-9-19-17(14-18)10-11-20-19/h1,5,7-11,14,20H,2,6,12-13,15H2,3H3/b7-5+. The van der Waals surface area contributed by atoms with Gasteiger partial charge in [0.2, 0.25) is 0 Å². The molecule has 0 atom stereocenters. The lowest BCUT2D eigenvalue weighted by molar-refractivity contribution is 0.325. The van der Waals surface area contributed by atoms with Crippen molar-refractivity contribution >= 4 is 10.9 Å². The van der Waals surface area contributed by atoms with Gasteiger partial charge in [-0.2, -0.15) is 0 Å². The number of ether oxygens (including phenoxy) is 1. The largest absolute Gasteiger partial charge is 0.493 e. The molecule has 2 rings (SSSR count). The highest BCUT2D eigenvalue weighted by Crippen LogP contribution is 2.19. The van der Waals surface area contributed by atoms with Crippen LogP contribution < -0.4 is 4.74 Å². The summed E-state index contributed by atoms with van der Waals surface area (Å²) in [6.45, 7) is 6.09. The Hall–Kier alpha value is -2.44. The molecule has 1 aromatic carbocycles. The Labute approximate surface area is 132 Å². The van der Waals surface area contributed by atoms with Gasteiger partial charge in [-0.15, -0.1) is 6.42 Å². The highest BCUT2D eigenvalue weighted by atomic mass is 16.5. The summed E-state index contributed by atoms with van der Waals surface area (Å²) in [6.07, 6.45) is 12.2. The molecule has 0 saturated carbocycles. The third-order valence-corrected chi connectivity index (χ3v) is 3.27. The fraction of sp³-hybridized carbons (Fsp3) is 0.263. The monoisotopic (exact) mass is 294 g/mol. The number of hydrogen-bond acceptors (Lipinski definition) is 2. The van der Waals surface area contributed by atoms with Crippen LogP contribution in [0.5, 0.6) is 5.75 Å². The molecule has 0 saturated heterocycles. The van der Waals surface area contributed by atoms with E-state index in [9.17, 15) is 0 Å². The molecule has 2 aromatic rings. The highest BCUT2D eigenvalue weighted by molar-refractivity contribution is 5.80. The number of nitrogens with one attached hydrogen (secondary N) is 1. The maximum absolute atomic E-state index is 5.75. The van der Waals surface area contributed by atoms with E-state index in [1.807, 2.05) is 43.6 Å². The van der Waals surface area contributed by atoms with E-state index in [1.54, 1.807) is 0 Å². The Morgan fingerprint density at radius 2 is 2.32 bits per heavy atom. The average molecular weight is 294 g/mol. The zero-order valence-corrected chi connectivity index (χ0v) is 13.0.